The van der Waals surface area contributed by atoms with E-state index in [1.54, 1.807) is 25.1 Å². The van der Waals surface area contributed by atoms with E-state index in [-0.39, 0.29) is 24.4 Å². The monoisotopic (exact) mass is 400 g/mol. The van der Waals surface area contributed by atoms with Crippen LogP contribution in [-0.4, -0.2) is 29.1 Å². The standard InChI is InChI=1S/C23H29FN2O3/c1-14-6-5-7-21(16(14)3)25-22(27)13-29-23(28)20-12-15(2)26(17(20)4)19-10-8-18(24)9-11-19/h8-12,14,16,21H,5-7,13H2,1-4H3,(H,25,27)/t14-,16-,21-/m1/s1. The first-order valence-corrected chi connectivity index (χ1v) is 10.2. The van der Waals surface area contributed by atoms with Gasteiger partial charge in [0.1, 0.15) is 5.82 Å². The van der Waals surface area contributed by atoms with Gasteiger partial charge in [0.2, 0.25) is 0 Å². The maximum Gasteiger partial charge on any atom is 0.340 e. The number of rotatable bonds is 5. The van der Waals surface area contributed by atoms with Crippen molar-refractivity contribution in [2.75, 3.05) is 6.61 Å². The fourth-order valence-corrected chi connectivity index (χ4v) is 4.20. The molecule has 1 N–H and O–H groups in total. The van der Waals surface area contributed by atoms with Crippen LogP contribution < -0.4 is 5.32 Å². The number of aryl methyl sites for hydroxylation is 1. The van der Waals surface area contributed by atoms with Gasteiger partial charge in [-0.3, -0.25) is 4.79 Å². The van der Waals surface area contributed by atoms with E-state index in [9.17, 15) is 14.0 Å². The molecule has 2 aromatic rings. The summed E-state index contributed by atoms with van der Waals surface area (Å²) in [7, 11) is 0. The van der Waals surface area contributed by atoms with E-state index in [0.717, 1.165) is 24.2 Å². The molecule has 1 saturated carbocycles. The fourth-order valence-electron chi connectivity index (χ4n) is 4.20. The van der Waals surface area contributed by atoms with Crippen LogP contribution in [0.5, 0.6) is 0 Å². The Bertz CT molecular complexity index is 888. The fraction of sp³-hybridized carbons (Fsp3) is 0.478. The molecule has 1 amide bonds. The van der Waals surface area contributed by atoms with E-state index in [0.29, 0.717) is 23.1 Å². The molecule has 0 aliphatic heterocycles. The Morgan fingerprint density at radius 3 is 2.55 bits per heavy atom. The molecule has 0 bridgehead atoms. The van der Waals surface area contributed by atoms with Crippen LogP contribution in [0.2, 0.25) is 0 Å². The molecule has 3 atom stereocenters. The van der Waals surface area contributed by atoms with E-state index >= 15 is 0 Å². The molecule has 0 spiro atoms. The van der Waals surface area contributed by atoms with Gasteiger partial charge in [0.05, 0.1) is 5.56 Å². The van der Waals surface area contributed by atoms with Crippen molar-refractivity contribution in [3.63, 3.8) is 0 Å². The van der Waals surface area contributed by atoms with Crippen LogP contribution >= 0.6 is 0 Å². The third kappa shape index (κ3) is 4.69. The van der Waals surface area contributed by atoms with Crippen molar-refractivity contribution in [3.05, 3.63) is 53.1 Å². The number of carbonyl (C=O) groups excluding carboxylic acids is 2. The highest BCUT2D eigenvalue weighted by Gasteiger charge is 2.28. The van der Waals surface area contributed by atoms with Crippen LogP contribution in [0.15, 0.2) is 30.3 Å². The van der Waals surface area contributed by atoms with Gasteiger partial charge in [-0.15, -0.1) is 0 Å². The molecular formula is C23H29FN2O3. The predicted octanol–water partition coefficient (Wildman–Crippen LogP) is 4.33. The number of hydrogen-bond donors (Lipinski definition) is 1. The van der Waals surface area contributed by atoms with E-state index in [2.05, 4.69) is 19.2 Å². The van der Waals surface area contributed by atoms with E-state index in [4.69, 9.17) is 4.74 Å². The molecule has 156 valence electrons. The summed E-state index contributed by atoms with van der Waals surface area (Å²) in [6.07, 6.45) is 3.25. The first-order chi connectivity index (χ1) is 13.8. The number of esters is 1. The van der Waals surface area contributed by atoms with Crippen LogP contribution in [0.3, 0.4) is 0 Å². The van der Waals surface area contributed by atoms with Crippen LogP contribution in [0.25, 0.3) is 5.69 Å². The number of halogens is 1. The third-order valence-corrected chi connectivity index (χ3v) is 6.12. The Labute approximate surface area is 171 Å². The molecule has 1 aliphatic rings. The second-order valence-corrected chi connectivity index (χ2v) is 8.11. The van der Waals surface area contributed by atoms with Crippen molar-refractivity contribution < 1.29 is 18.7 Å². The molecular weight excluding hydrogens is 371 g/mol. The van der Waals surface area contributed by atoms with Crippen molar-refractivity contribution in [3.8, 4) is 5.69 Å². The number of nitrogens with zero attached hydrogens (tertiary/aromatic N) is 1. The van der Waals surface area contributed by atoms with Crippen molar-refractivity contribution in [2.24, 2.45) is 11.8 Å². The molecule has 1 aromatic carbocycles. The lowest BCUT2D eigenvalue weighted by atomic mass is 9.78. The zero-order chi connectivity index (χ0) is 21.1. The molecule has 1 aliphatic carbocycles. The Kier molecular flexibility index (Phi) is 6.40. The molecule has 1 heterocycles. The highest BCUT2D eigenvalue weighted by Crippen LogP contribution is 2.29. The molecule has 29 heavy (non-hydrogen) atoms. The van der Waals surface area contributed by atoms with Gasteiger partial charge in [0.15, 0.2) is 6.61 Å². The van der Waals surface area contributed by atoms with Gasteiger partial charge >= 0.3 is 5.97 Å². The van der Waals surface area contributed by atoms with Crippen molar-refractivity contribution >= 4 is 11.9 Å². The number of nitrogens with one attached hydrogen (secondary N) is 1. The highest BCUT2D eigenvalue weighted by atomic mass is 19.1. The SMILES string of the molecule is Cc1cc(C(=O)OCC(=O)N[C@@H]2CCC[C@@H](C)[C@H]2C)c(C)n1-c1ccc(F)cc1. The van der Waals surface area contributed by atoms with Gasteiger partial charge in [-0.2, -0.15) is 0 Å². The third-order valence-electron chi connectivity index (χ3n) is 6.12. The lowest BCUT2D eigenvalue weighted by Crippen LogP contribution is -2.45. The average Bonchev–Trinajstić information content (AvgIpc) is 2.99. The maximum atomic E-state index is 13.2. The highest BCUT2D eigenvalue weighted by molar-refractivity contribution is 5.93. The Morgan fingerprint density at radius 2 is 1.86 bits per heavy atom. The van der Waals surface area contributed by atoms with Gasteiger partial charge in [-0.05, 0) is 62.4 Å². The summed E-state index contributed by atoms with van der Waals surface area (Å²) in [5.74, 6) is -0.127. The first-order valence-electron chi connectivity index (χ1n) is 10.2. The van der Waals surface area contributed by atoms with Gasteiger partial charge in [0.25, 0.3) is 5.91 Å². The molecule has 1 aromatic heterocycles. The van der Waals surface area contributed by atoms with Crippen molar-refractivity contribution in [1.29, 1.82) is 0 Å². The first kappa shape index (κ1) is 21.1. The number of carbonyl (C=O) groups is 2. The van der Waals surface area contributed by atoms with E-state index < -0.39 is 5.97 Å². The number of aromatic nitrogens is 1. The summed E-state index contributed by atoms with van der Waals surface area (Å²) in [4.78, 5) is 24.8. The second-order valence-electron chi connectivity index (χ2n) is 8.11. The maximum absolute atomic E-state index is 13.2. The summed E-state index contributed by atoms with van der Waals surface area (Å²) in [5, 5.41) is 3.01. The van der Waals surface area contributed by atoms with Gasteiger partial charge < -0.3 is 14.6 Å². The number of hydrogen-bond acceptors (Lipinski definition) is 3. The Morgan fingerprint density at radius 1 is 1.17 bits per heavy atom. The van der Waals surface area contributed by atoms with Crippen molar-refractivity contribution in [2.45, 2.75) is 53.0 Å². The molecule has 0 saturated heterocycles. The summed E-state index contributed by atoms with van der Waals surface area (Å²) in [6.45, 7) is 7.74. The zero-order valence-electron chi connectivity index (χ0n) is 17.5. The van der Waals surface area contributed by atoms with Crippen molar-refractivity contribution in [1.82, 2.24) is 9.88 Å². The molecule has 6 heteroatoms. The minimum atomic E-state index is -0.535. The predicted molar refractivity (Wildman–Crippen MR) is 110 cm³/mol. The number of amides is 1. The van der Waals surface area contributed by atoms with Crippen LogP contribution in [0.4, 0.5) is 4.39 Å². The second kappa shape index (κ2) is 8.80. The molecule has 1 fully saturated rings. The number of benzene rings is 1. The summed E-state index contributed by atoms with van der Waals surface area (Å²) in [6, 6.07) is 7.93. The van der Waals surface area contributed by atoms with E-state index in [1.807, 2.05) is 11.5 Å². The average molecular weight is 400 g/mol. The molecule has 5 nitrogen and oxygen atoms in total. The molecule has 0 radical (unpaired) electrons. The molecule has 0 unspecified atom stereocenters. The minimum absolute atomic E-state index is 0.133. The Hall–Kier alpha value is -2.63. The van der Waals surface area contributed by atoms with Gasteiger partial charge in [-0.1, -0.05) is 26.7 Å². The van der Waals surface area contributed by atoms with Crippen LogP contribution in [0, 0.1) is 31.5 Å². The summed E-state index contributed by atoms with van der Waals surface area (Å²) >= 11 is 0. The summed E-state index contributed by atoms with van der Waals surface area (Å²) in [5.41, 5.74) is 2.68. The van der Waals surface area contributed by atoms with Gasteiger partial charge in [0, 0.05) is 23.1 Å². The lowest BCUT2D eigenvalue weighted by Gasteiger charge is -2.34. The zero-order valence-corrected chi connectivity index (χ0v) is 17.5. The molecule has 3 rings (SSSR count). The quantitative estimate of drug-likeness (QED) is 0.760. The normalized spacial score (nSPS) is 21.6. The summed E-state index contributed by atoms with van der Waals surface area (Å²) < 4.78 is 20.3. The lowest BCUT2D eigenvalue weighted by molar-refractivity contribution is -0.125. The minimum Gasteiger partial charge on any atom is -0.452 e. The Balaban J connectivity index is 1.63. The number of ether oxygens (including phenoxy) is 1. The van der Waals surface area contributed by atoms with Gasteiger partial charge in [-0.25, -0.2) is 9.18 Å². The van der Waals surface area contributed by atoms with Crippen LogP contribution in [0.1, 0.15) is 54.9 Å². The topological polar surface area (TPSA) is 60.3 Å². The largest absolute Gasteiger partial charge is 0.452 e. The van der Waals surface area contributed by atoms with Crippen LogP contribution in [-0.2, 0) is 9.53 Å². The smallest absolute Gasteiger partial charge is 0.340 e. The van der Waals surface area contributed by atoms with E-state index in [1.165, 1.54) is 18.6 Å².